The first-order chi connectivity index (χ1) is 13.1. The fourth-order valence-corrected chi connectivity index (χ4v) is 4.13. The lowest BCUT2D eigenvalue weighted by Crippen LogP contribution is -2.50. The number of pyridine rings is 1. The Labute approximate surface area is 159 Å². The van der Waals surface area contributed by atoms with Crippen LogP contribution < -0.4 is 10.2 Å². The van der Waals surface area contributed by atoms with Gasteiger partial charge in [0.2, 0.25) is 0 Å². The summed E-state index contributed by atoms with van der Waals surface area (Å²) in [6.07, 6.45) is 1.63. The second kappa shape index (κ2) is 7.80. The first-order valence-electron chi connectivity index (χ1n) is 9.70. The molecule has 1 aromatic heterocycles. The Morgan fingerprint density at radius 2 is 1.89 bits per heavy atom. The van der Waals surface area contributed by atoms with Crippen LogP contribution >= 0.6 is 0 Å². The number of halogens is 2. The number of alkyl halides is 2. The molecule has 2 atom stereocenters. The Bertz CT molecular complexity index is 748. The van der Waals surface area contributed by atoms with E-state index >= 15 is 0 Å². The van der Waals surface area contributed by atoms with Crippen LogP contribution in [0.25, 0.3) is 0 Å². The van der Waals surface area contributed by atoms with Gasteiger partial charge in [-0.2, -0.15) is 0 Å². The van der Waals surface area contributed by atoms with Crippen molar-refractivity contribution in [1.82, 2.24) is 9.88 Å². The second-order valence-corrected chi connectivity index (χ2v) is 7.51. The second-order valence-electron chi connectivity index (χ2n) is 7.51. The van der Waals surface area contributed by atoms with E-state index in [0.717, 1.165) is 30.9 Å². The fraction of sp³-hybridized carbons (Fsp3) is 0.476. The van der Waals surface area contributed by atoms with Gasteiger partial charge >= 0.3 is 0 Å². The maximum Gasteiger partial charge on any atom is 0.280 e. The predicted octanol–water partition coefficient (Wildman–Crippen LogP) is 4.48. The van der Waals surface area contributed by atoms with Crippen LogP contribution in [0, 0.1) is 0 Å². The van der Waals surface area contributed by atoms with Gasteiger partial charge in [-0.3, -0.25) is 9.88 Å². The van der Waals surface area contributed by atoms with Crippen molar-refractivity contribution in [2.24, 2.45) is 0 Å². The molecule has 0 spiro atoms. The highest BCUT2D eigenvalue weighted by Gasteiger charge is 2.30. The average Bonchev–Trinajstić information content (AvgIpc) is 3.16. The number of anilines is 2. The maximum absolute atomic E-state index is 12.6. The SMILES string of the molecule is CC(Nc1ccc(N2CCN3CCCC3C2)cc1)c1ccc(C(F)F)nc1. The molecular weight excluding hydrogens is 346 g/mol. The van der Waals surface area contributed by atoms with Crippen LogP contribution in [0.2, 0.25) is 0 Å². The number of fused-ring (bicyclic) bond motifs is 1. The van der Waals surface area contributed by atoms with Crippen LogP contribution in [0.5, 0.6) is 0 Å². The quantitative estimate of drug-likeness (QED) is 0.839. The van der Waals surface area contributed by atoms with Crippen molar-refractivity contribution < 1.29 is 8.78 Å². The monoisotopic (exact) mass is 372 g/mol. The van der Waals surface area contributed by atoms with Crippen molar-refractivity contribution >= 4 is 11.4 Å². The van der Waals surface area contributed by atoms with E-state index < -0.39 is 6.43 Å². The summed E-state index contributed by atoms with van der Waals surface area (Å²) < 4.78 is 25.3. The first-order valence-corrected chi connectivity index (χ1v) is 9.70. The smallest absolute Gasteiger partial charge is 0.280 e. The molecule has 0 radical (unpaired) electrons. The Hall–Kier alpha value is -2.21. The molecule has 4 rings (SSSR count). The number of nitrogens with zero attached hydrogens (tertiary/aromatic N) is 3. The predicted molar refractivity (Wildman–Crippen MR) is 104 cm³/mol. The molecule has 0 saturated carbocycles. The van der Waals surface area contributed by atoms with Gasteiger partial charge in [0.15, 0.2) is 0 Å². The Kier molecular flexibility index (Phi) is 5.25. The number of rotatable bonds is 5. The third kappa shape index (κ3) is 4.05. The van der Waals surface area contributed by atoms with E-state index in [2.05, 4.69) is 44.4 Å². The summed E-state index contributed by atoms with van der Waals surface area (Å²) in [4.78, 5) is 8.93. The number of hydrogen-bond acceptors (Lipinski definition) is 4. The van der Waals surface area contributed by atoms with Gasteiger partial charge in [-0.05, 0) is 62.2 Å². The molecule has 2 aliphatic rings. The van der Waals surface area contributed by atoms with Crippen LogP contribution in [0.15, 0.2) is 42.6 Å². The summed E-state index contributed by atoms with van der Waals surface area (Å²) in [6.45, 7) is 6.62. The van der Waals surface area contributed by atoms with Crippen molar-refractivity contribution in [2.45, 2.75) is 38.3 Å². The van der Waals surface area contributed by atoms with E-state index in [9.17, 15) is 8.78 Å². The molecule has 2 unspecified atom stereocenters. The highest BCUT2D eigenvalue weighted by molar-refractivity contribution is 5.56. The van der Waals surface area contributed by atoms with E-state index in [1.807, 2.05) is 6.92 Å². The van der Waals surface area contributed by atoms with Gasteiger partial charge in [-0.15, -0.1) is 0 Å². The van der Waals surface area contributed by atoms with E-state index in [4.69, 9.17) is 0 Å². The number of benzene rings is 1. The third-order valence-electron chi connectivity index (χ3n) is 5.74. The molecule has 2 aromatic rings. The standard InChI is InChI=1S/C21H26F2N4/c1-15(16-4-9-20(21(22)23)24-13-16)25-17-5-7-18(8-6-17)27-12-11-26-10-2-3-19(26)14-27/h4-9,13,15,19,21,25H,2-3,10-12,14H2,1H3. The highest BCUT2D eigenvalue weighted by atomic mass is 19.3. The maximum atomic E-state index is 12.6. The summed E-state index contributed by atoms with van der Waals surface area (Å²) in [5, 5.41) is 3.42. The minimum Gasteiger partial charge on any atom is -0.378 e. The number of hydrogen-bond donors (Lipinski definition) is 1. The first kappa shape index (κ1) is 18.2. The molecule has 3 heterocycles. The molecule has 0 bridgehead atoms. The van der Waals surface area contributed by atoms with Gasteiger partial charge in [-0.1, -0.05) is 6.07 Å². The summed E-state index contributed by atoms with van der Waals surface area (Å²) in [6, 6.07) is 12.3. The van der Waals surface area contributed by atoms with Crippen LogP contribution in [0.3, 0.4) is 0 Å². The molecule has 4 nitrogen and oxygen atoms in total. The van der Waals surface area contributed by atoms with Crippen molar-refractivity contribution in [3.63, 3.8) is 0 Å². The summed E-state index contributed by atoms with van der Waals surface area (Å²) in [5.74, 6) is 0. The summed E-state index contributed by atoms with van der Waals surface area (Å²) in [5.41, 5.74) is 2.99. The van der Waals surface area contributed by atoms with E-state index in [-0.39, 0.29) is 11.7 Å². The van der Waals surface area contributed by atoms with Crippen molar-refractivity contribution in [1.29, 1.82) is 0 Å². The molecule has 0 amide bonds. The Balaban J connectivity index is 1.37. The van der Waals surface area contributed by atoms with Gasteiger partial charge < -0.3 is 10.2 Å². The Morgan fingerprint density at radius 1 is 1.07 bits per heavy atom. The molecule has 1 N–H and O–H groups in total. The Morgan fingerprint density at radius 3 is 2.59 bits per heavy atom. The normalized spacial score (nSPS) is 21.3. The molecule has 27 heavy (non-hydrogen) atoms. The molecule has 144 valence electrons. The number of nitrogens with one attached hydrogen (secondary N) is 1. The molecule has 1 aromatic carbocycles. The molecule has 6 heteroatoms. The van der Waals surface area contributed by atoms with E-state index in [0.29, 0.717) is 6.04 Å². The topological polar surface area (TPSA) is 31.4 Å². The minimum absolute atomic E-state index is 0.00268. The third-order valence-corrected chi connectivity index (χ3v) is 5.74. The van der Waals surface area contributed by atoms with Gasteiger partial charge in [0.25, 0.3) is 6.43 Å². The van der Waals surface area contributed by atoms with Crippen molar-refractivity contribution in [2.75, 3.05) is 36.4 Å². The van der Waals surface area contributed by atoms with Crippen LogP contribution in [0.4, 0.5) is 20.2 Å². The number of piperazine rings is 1. The number of aromatic nitrogens is 1. The van der Waals surface area contributed by atoms with Gasteiger partial charge in [-0.25, -0.2) is 8.78 Å². The lowest BCUT2D eigenvalue weighted by molar-refractivity contribution is 0.146. The van der Waals surface area contributed by atoms with Gasteiger partial charge in [0.05, 0.1) is 6.04 Å². The van der Waals surface area contributed by atoms with Crippen LogP contribution in [-0.2, 0) is 0 Å². The molecule has 2 fully saturated rings. The minimum atomic E-state index is -2.53. The molecule has 2 saturated heterocycles. The zero-order chi connectivity index (χ0) is 18.8. The average molecular weight is 372 g/mol. The van der Waals surface area contributed by atoms with E-state index in [1.54, 1.807) is 6.07 Å². The molecular formula is C21H26F2N4. The van der Waals surface area contributed by atoms with Gasteiger partial charge in [0, 0.05) is 43.2 Å². The van der Waals surface area contributed by atoms with Crippen molar-refractivity contribution in [3.8, 4) is 0 Å². The fourth-order valence-electron chi connectivity index (χ4n) is 4.13. The highest BCUT2D eigenvalue weighted by Crippen LogP contribution is 2.27. The van der Waals surface area contributed by atoms with Gasteiger partial charge in [0.1, 0.15) is 5.69 Å². The lowest BCUT2D eigenvalue weighted by atomic mass is 10.1. The zero-order valence-corrected chi connectivity index (χ0v) is 15.6. The summed E-state index contributed by atoms with van der Waals surface area (Å²) in [7, 11) is 0. The van der Waals surface area contributed by atoms with Crippen LogP contribution in [0.1, 0.15) is 43.5 Å². The zero-order valence-electron chi connectivity index (χ0n) is 15.6. The summed E-state index contributed by atoms with van der Waals surface area (Å²) >= 11 is 0. The molecule has 2 aliphatic heterocycles. The van der Waals surface area contributed by atoms with E-state index in [1.165, 1.54) is 37.3 Å². The largest absolute Gasteiger partial charge is 0.378 e. The van der Waals surface area contributed by atoms with Crippen LogP contribution in [-0.4, -0.2) is 42.1 Å². The van der Waals surface area contributed by atoms with Crippen molar-refractivity contribution in [3.05, 3.63) is 53.9 Å². The molecule has 0 aliphatic carbocycles. The lowest BCUT2D eigenvalue weighted by Gasteiger charge is -2.38.